The number of carboxylic acid groups (broad SMARTS) is 1. The Hall–Kier alpha value is -2.82. The second kappa shape index (κ2) is 8.72. The number of ether oxygens (including phenoxy) is 1. The summed E-state index contributed by atoms with van der Waals surface area (Å²) in [6.45, 7) is 2.65. The quantitative estimate of drug-likeness (QED) is 0.779. The summed E-state index contributed by atoms with van der Waals surface area (Å²) in [4.78, 5) is 23.5. The minimum Gasteiger partial charge on any atom is -0.494 e. The van der Waals surface area contributed by atoms with Crippen LogP contribution in [0.3, 0.4) is 0 Å². The van der Waals surface area contributed by atoms with Crippen molar-refractivity contribution in [3.63, 3.8) is 0 Å². The standard InChI is InChI=1S/C19H21NO4/c1-2-12-24-16-10-8-15(9-11-16)19(23)20-17(13-18(21)22)14-6-4-3-5-7-14/h3-11,17H,2,12-13H2,1H3,(H,20,23)(H,21,22). The molecule has 5 heteroatoms. The first-order valence-electron chi connectivity index (χ1n) is 7.90. The molecule has 1 unspecified atom stereocenters. The van der Waals surface area contributed by atoms with E-state index in [1.54, 1.807) is 36.4 Å². The Kier molecular flexibility index (Phi) is 6.37. The fraction of sp³-hybridized carbons (Fsp3) is 0.263. The number of hydrogen-bond acceptors (Lipinski definition) is 3. The van der Waals surface area contributed by atoms with E-state index in [-0.39, 0.29) is 12.3 Å². The van der Waals surface area contributed by atoms with Gasteiger partial charge >= 0.3 is 5.97 Å². The molecule has 0 aromatic heterocycles. The number of aliphatic carboxylic acids is 1. The van der Waals surface area contributed by atoms with Gasteiger partial charge in [-0.25, -0.2) is 0 Å². The van der Waals surface area contributed by atoms with Crippen molar-refractivity contribution in [2.24, 2.45) is 0 Å². The van der Waals surface area contributed by atoms with E-state index in [9.17, 15) is 9.59 Å². The highest BCUT2D eigenvalue weighted by Gasteiger charge is 2.18. The number of carboxylic acids is 1. The zero-order valence-electron chi connectivity index (χ0n) is 13.6. The second-order valence-electron chi connectivity index (χ2n) is 5.41. The van der Waals surface area contributed by atoms with E-state index in [0.29, 0.717) is 17.9 Å². The summed E-state index contributed by atoms with van der Waals surface area (Å²) in [6, 6.07) is 15.3. The molecule has 0 radical (unpaired) electrons. The monoisotopic (exact) mass is 327 g/mol. The molecule has 1 amide bonds. The summed E-state index contributed by atoms with van der Waals surface area (Å²) in [5.41, 5.74) is 1.22. The molecule has 0 aliphatic rings. The third-order valence-electron chi connectivity index (χ3n) is 3.48. The van der Waals surface area contributed by atoms with Crippen LogP contribution in [0.4, 0.5) is 0 Å². The minimum absolute atomic E-state index is 0.173. The molecule has 0 aliphatic carbocycles. The molecule has 0 saturated carbocycles. The van der Waals surface area contributed by atoms with Crippen LogP contribution in [0.5, 0.6) is 5.75 Å². The van der Waals surface area contributed by atoms with Crippen molar-refractivity contribution in [1.29, 1.82) is 0 Å². The van der Waals surface area contributed by atoms with Gasteiger partial charge in [0.25, 0.3) is 5.91 Å². The summed E-state index contributed by atoms with van der Waals surface area (Å²) in [5, 5.41) is 11.9. The molecule has 2 rings (SSSR count). The van der Waals surface area contributed by atoms with Crippen LogP contribution in [0.15, 0.2) is 54.6 Å². The average molecular weight is 327 g/mol. The number of nitrogens with one attached hydrogen (secondary N) is 1. The van der Waals surface area contributed by atoms with Crippen LogP contribution in [0, 0.1) is 0 Å². The summed E-state index contributed by atoms with van der Waals surface area (Å²) < 4.78 is 5.48. The molecule has 0 bridgehead atoms. The molecule has 2 aromatic rings. The SMILES string of the molecule is CCCOc1ccc(C(=O)NC(CC(=O)O)c2ccccc2)cc1. The third-order valence-corrected chi connectivity index (χ3v) is 3.48. The highest BCUT2D eigenvalue weighted by molar-refractivity contribution is 5.94. The Morgan fingerprint density at radius 3 is 2.33 bits per heavy atom. The first kappa shape index (κ1) is 17.5. The number of amides is 1. The second-order valence-corrected chi connectivity index (χ2v) is 5.41. The average Bonchev–Trinajstić information content (AvgIpc) is 2.60. The van der Waals surface area contributed by atoms with Gasteiger partial charge in [-0.1, -0.05) is 37.3 Å². The lowest BCUT2D eigenvalue weighted by Crippen LogP contribution is -2.30. The van der Waals surface area contributed by atoms with Crippen molar-refractivity contribution in [3.05, 3.63) is 65.7 Å². The minimum atomic E-state index is -0.965. The van der Waals surface area contributed by atoms with Crippen LogP contribution in [0.2, 0.25) is 0 Å². The smallest absolute Gasteiger partial charge is 0.305 e. The number of hydrogen-bond donors (Lipinski definition) is 2. The van der Waals surface area contributed by atoms with Gasteiger partial charge in [0.2, 0.25) is 0 Å². The molecule has 5 nitrogen and oxygen atoms in total. The Morgan fingerprint density at radius 2 is 1.75 bits per heavy atom. The summed E-state index contributed by atoms with van der Waals surface area (Å²) in [7, 11) is 0. The molecule has 0 saturated heterocycles. The van der Waals surface area contributed by atoms with Gasteiger partial charge in [0, 0.05) is 5.56 Å². The number of carbonyl (C=O) groups excluding carboxylic acids is 1. The van der Waals surface area contributed by atoms with Gasteiger partial charge in [-0.05, 0) is 36.2 Å². The van der Waals surface area contributed by atoms with Gasteiger partial charge in [0.05, 0.1) is 19.1 Å². The maximum atomic E-state index is 12.4. The maximum Gasteiger partial charge on any atom is 0.305 e. The van der Waals surface area contributed by atoms with Crippen molar-refractivity contribution in [1.82, 2.24) is 5.32 Å². The van der Waals surface area contributed by atoms with Crippen LogP contribution in [0.1, 0.15) is 41.7 Å². The third kappa shape index (κ3) is 5.12. The van der Waals surface area contributed by atoms with Crippen molar-refractivity contribution >= 4 is 11.9 Å². The Morgan fingerprint density at radius 1 is 1.08 bits per heavy atom. The topological polar surface area (TPSA) is 75.6 Å². The summed E-state index contributed by atoms with van der Waals surface area (Å²) >= 11 is 0. The van der Waals surface area contributed by atoms with E-state index in [4.69, 9.17) is 9.84 Å². The Labute approximate surface area is 141 Å². The van der Waals surface area contributed by atoms with E-state index >= 15 is 0 Å². The highest BCUT2D eigenvalue weighted by atomic mass is 16.5. The van der Waals surface area contributed by atoms with Gasteiger partial charge in [0.1, 0.15) is 5.75 Å². The zero-order valence-corrected chi connectivity index (χ0v) is 13.6. The van der Waals surface area contributed by atoms with Crippen LogP contribution >= 0.6 is 0 Å². The number of benzene rings is 2. The molecule has 1 atom stereocenters. The molecule has 126 valence electrons. The Bertz CT molecular complexity index is 668. The first-order valence-corrected chi connectivity index (χ1v) is 7.90. The Balaban J connectivity index is 2.08. The van der Waals surface area contributed by atoms with Gasteiger partial charge in [-0.2, -0.15) is 0 Å². The molecule has 2 N–H and O–H groups in total. The van der Waals surface area contributed by atoms with Gasteiger partial charge in [-0.3, -0.25) is 9.59 Å². The fourth-order valence-corrected chi connectivity index (χ4v) is 2.28. The molecule has 24 heavy (non-hydrogen) atoms. The van der Waals surface area contributed by atoms with Crippen molar-refractivity contribution in [3.8, 4) is 5.75 Å². The number of rotatable bonds is 8. The molecule has 2 aromatic carbocycles. The van der Waals surface area contributed by atoms with E-state index in [0.717, 1.165) is 12.0 Å². The van der Waals surface area contributed by atoms with Crippen molar-refractivity contribution < 1.29 is 19.4 Å². The molecule has 0 aliphatic heterocycles. The lowest BCUT2D eigenvalue weighted by atomic mass is 10.0. The lowest BCUT2D eigenvalue weighted by molar-refractivity contribution is -0.137. The van der Waals surface area contributed by atoms with E-state index < -0.39 is 12.0 Å². The van der Waals surface area contributed by atoms with Crippen LogP contribution in [-0.2, 0) is 4.79 Å². The predicted octanol–water partition coefficient (Wildman–Crippen LogP) is 3.42. The predicted molar refractivity (Wildman–Crippen MR) is 91.1 cm³/mol. The van der Waals surface area contributed by atoms with Gasteiger partial charge in [-0.15, -0.1) is 0 Å². The fourth-order valence-electron chi connectivity index (χ4n) is 2.28. The molecule has 0 fully saturated rings. The number of carbonyl (C=O) groups is 2. The van der Waals surface area contributed by atoms with E-state index in [2.05, 4.69) is 5.32 Å². The van der Waals surface area contributed by atoms with E-state index in [1.165, 1.54) is 0 Å². The largest absolute Gasteiger partial charge is 0.494 e. The molecular formula is C19H21NO4. The van der Waals surface area contributed by atoms with Crippen molar-refractivity contribution in [2.75, 3.05) is 6.61 Å². The van der Waals surface area contributed by atoms with E-state index in [1.807, 2.05) is 25.1 Å². The normalized spacial score (nSPS) is 11.5. The molecular weight excluding hydrogens is 306 g/mol. The summed E-state index contributed by atoms with van der Waals surface area (Å²) in [5.74, 6) is -0.571. The molecule has 0 heterocycles. The first-order chi connectivity index (χ1) is 11.6. The van der Waals surface area contributed by atoms with Crippen LogP contribution < -0.4 is 10.1 Å². The van der Waals surface area contributed by atoms with Crippen molar-refractivity contribution in [2.45, 2.75) is 25.8 Å². The molecule has 0 spiro atoms. The van der Waals surface area contributed by atoms with Crippen LogP contribution in [-0.4, -0.2) is 23.6 Å². The highest BCUT2D eigenvalue weighted by Crippen LogP contribution is 2.18. The summed E-state index contributed by atoms with van der Waals surface area (Å²) in [6.07, 6.45) is 0.740. The zero-order chi connectivity index (χ0) is 17.4. The lowest BCUT2D eigenvalue weighted by Gasteiger charge is -2.17. The van der Waals surface area contributed by atoms with Gasteiger partial charge in [0.15, 0.2) is 0 Å². The van der Waals surface area contributed by atoms with Gasteiger partial charge < -0.3 is 15.2 Å². The van der Waals surface area contributed by atoms with Crippen LogP contribution in [0.25, 0.3) is 0 Å². The maximum absolute atomic E-state index is 12.4.